The predicted octanol–water partition coefficient (Wildman–Crippen LogP) is 4.29. The maximum atomic E-state index is 12.9. The van der Waals surface area contributed by atoms with Gasteiger partial charge in [0, 0.05) is 4.47 Å². The van der Waals surface area contributed by atoms with Crippen LogP contribution < -0.4 is 10.2 Å². The van der Waals surface area contributed by atoms with Gasteiger partial charge in [0.2, 0.25) is 0 Å². The van der Waals surface area contributed by atoms with Crippen LogP contribution in [-0.2, 0) is 9.59 Å². The third kappa shape index (κ3) is 3.61. The van der Waals surface area contributed by atoms with Gasteiger partial charge in [0.25, 0.3) is 11.8 Å². The van der Waals surface area contributed by atoms with Crippen LogP contribution in [0.2, 0.25) is 10.0 Å². The van der Waals surface area contributed by atoms with E-state index in [0.29, 0.717) is 11.3 Å². The zero-order chi connectivity index (χ0) is 19.0. The lowest BCUT2D eigenvalue weighted by molar-refractivity contribution is -0.122. The van der Waals surface area contributed by atoms with E-state index in [1.807, 2.05) is 0 Å². The minimum atomic E-state index is -0.631. The summed E-state index contributed by atoms with van der Waals surface area (Å²) in [6, 6.07) is 9.69. The number of phenolic OH excluding ortho intramolecular Hbond substituents is 1. The SMILES string of the molecule is O=C1NC(=S)N(c2ccc(Br)cc2)C(=O)/C1=C/c1cc(Cl)c(O)c(Cl)c1. The van der Waals surface area contributed by atoms with E-state index in [0.717, 1.165) is 4.47 Å². The van der Waals surface area contributed by atoms with Gasteiger partial charge in [-0.15, -0.1) is 0 Å². The molecule has 0 aromatic heterocycles. The summed E-state index contributed by atoms with van der Waals surface area (Å²) in [6.45, 7) is 0. The van der Waals surface area contributed by atoms with Crippen molar-refractivity contribution >= 4 is 80.0 Å². The Hall–Kier alpha value is -1.93. The van der Waals surface area contributed by atoms with Gasteiger partial charge in [-0.3, -0.25) is 19.8 Å². The monoisotopic (exact) mass is 470 g/mol. The third-order valence-corrected chi connectivity index (χ3v) is 4.93. The van der Waals surface area contributed by atoms with E-state index in [4.69, 9.17) is 35.4 Å². The molecule has 3 rings (SSSR count). The molecule has 5 nitrogen and oxygen atoms in total. The van der Waals surface area contributed by atoms with Gasteiger partial charge in [-0.1, -0.05) is 39.1 Å². The molecule has 0 unspecified atom stereocenters. The van der Waals surface area contributed by atoms with Crippen LogP contribution in [0.15, 0.2) is 46.4 Å². The van der Waals surface area contributed by atoms with Crippen LogP contribution in [0, 0.1) is 0 Å². The Labute approximate surface area is 172 Å². The minimum absolute atomic E-state index is 0.00769. The molecule has 2 aromatic carbocycles. The number of nitrogens with zero attached hydrogens (tertiary/aromatic N) is 1. The van der Waals surface area contributed by atoms with Crippen molar-refractivity contribution in [3.8, 4) is 5.75 Å². The van der Waals surface area contributed by atoms with Gasteiger partial charge >= 0.3 is 0 Å². The highest BCUT2D eigenvalue weighted by molar-refractivity contribution is 9.10. The highest BCUT2D eigenvalue weighted by Crippen LogP contribution is 2.34. The van der Waals surface area contributed by atoms with Crippen LogP contribution in [-0.4, -0.2) is 22.0 Å². The number of amides is 2. The van der Waals surface area contributed by atoms with Crippen LogP contribution in [0.3, 0.4) is 0 Å². The summed E-state index contributed by atoms with van der Waals surface area (Å²) >= 11 is 20.2. The van der Waals surface area contributed by atoms with E-state index >= 15 is 0 Å². The van der Waals surface area contributed by atoms with Crippen LogP contribution in [0.1, 0.15) is 5.56 Å². The second-order valence-corrected chi connectivity index (χ2v) is 7.38. The summed E-state index contributed by atoms with van der Waals surface area (Å²) in [5, 5.41) is 12.1. The number of carbonyl (C=O) groups is 2. The Bertz CT molecular complexity index is 953. The van der Waals surface area contributed by atoms with E-state index < -0.39 is 11.8 Å². The van der Waals surface area contributed by atoms with E-state index in [2.05, 4.69) is 21.2 Å². The highest BCUT2D eigenvalue weighted by atomic mass is 79.9. The fourth-order valence-corrected chi connectivity index (χ4v) is 3.37. The molecule has 1 aliphatic rings. The van der Waals surface area contributed by atoms with Crippen LogP contribution in [0.5, 0.6) is 5.75 Å². The first-order chi connectivity index (χ1) is 12.3. The number of benzene rings is 2. The average molecular weight is 472 g/mol. The summed E-state index contributed by atoms with van der Waals surface area (Å²) < 4.78 is 0.838. The van der Waals surface area contributed by atoms with E-state index in [1.54, 1.807) is 24.3 Å². The molecule has 0 radical (unpaired) electrons. The van der Waals surface area contributed by atoms with Gasteiger partial charge < -0.3 is 5.11 Å². The fraction of sp³-hybridized carbons (Fsp3) is 0. The second kappa shape index (κ2) is 7.36. The molecular formula is C17H9BrCl2N2O3S. The van der Waals surface area contributed by atoms with Crippen molar-refractivity contribution in [3.63, 3.8) is 0 Å². The number of aromatic hydroxyl groups is 1. The summed E-state index contributed by atoms with van der Waals surface area (Å²) in [4.78, 5) is 26.3. The Morgan fingerprint density at radius 1 is 1.12 bits per heavy atom. The van der Waals surface area contributed by atoms with Crippen molar-refractivity contribution in [3.05, 3.63) is 62.1 Å². The van der Waals surface area contributed by atoms with Crippen molar-refractivity contribution in [2.75, 3.05) is 4.90 Å². The normalized spacial score (nSPS) is 16.2. The molecule has 0 aliphatic carbocycles. The third-order valence-electron chi connectivity index (χ3n) is 3.54. The number of carbonyl (C=O) groups excluding carboxylic acids is 2. The molecule has 26 heavy (non-hydrogen) atoms. The smallest absolute Gasteiger partial charge is 0.270 e. The van der Waals surface area contributed by atoms with Gasteiger partial charge in [0.15, 0.2) is 10.9 Å². The first-order valence-electron chi connectivity index (χ1n) is 7.13. The Kier molecular flexibility index (Phi) is 5.34. The van der Waals surface area contributed by atoms with Crippen molar-refractivity contribution in [1.29, 1.82) is 0 Å². The minimum Gasteiger partial charge on any atom is -0.505 e. The standard InChI is InChI=1S/C17H9BrCl2N2O3S/c18-9-1-3-10(4-2-9)22-16(25)11(15(24)21-17(22)26)5-8-6-12(19)14(23)13(20)7-8/h1-7,23H,(H,21,24,26)/b11-5+. The summed E-state index contributed by atoms with van der Waals surface area (Å²) in [7, 11) is 0. The number of hydrogen-bond acceptors (Lipinski definition) is 4. The number of anilines is 1. The topological polar surface area (TPSA) is 69.6 Å². The lowest BCUT2D eigenvalue weighted by atomic mass is 10.1. The van der Waals surface area contributed by atoms with E-state index in [1.165, 1.54) is 23.1 Å². The summed E-state index contributed by atoms with van der Waals surface area (Å²) in [5.74, 6) is -1.48. The van der Waals surface area contributed by atoms with Crippen molar-refractivity contribution < 1.29 is 14.7 Å². The van der Waals surface area contributed by atoms with Crippen molar-refractivity contribution in [2.45, 2.75) is 0 Å². The molecule has 1 fully saturated rings. The molecule has 0 spiro atoms. The molecule has 2 N–H and O–H groups in total. The van der Waals surface area contributed by atoms with Crippen LogP contribution in [0.4, 0.5) is 5.69 Å². The number of hydrogen-bond donors (Lipinski definition) is 2. The van der Waals surface area contributed by atoms with Crippen LogP contribution in [0.25, 0.3) is 6.08 Å². The molecule has 2 amide bonds. The maximum Gasteiger partial charge on any atom is 0.270 e. The molecule has 0 bridgehead atoms. The Morgan fingerprint density at radius 2 is 1.69 bits per heavy atom. The molecule has 9 heteroatoms. The molecule has 1 saturated heterocycles. The average Bonchev–Trinajstić information content (AvgIpc) is 2.58. The summed E-state index contributed by atoms with van der Waals surface area (Å²) in [6.07, 6.45) is 1.34. The molecule has 1 aliphatic heterocycles. The maximum absolute atomic E-state index is 12.9. The fourth-order valence-electron chi connectivity index (χ4n) is 2.32. The number of thiocarbonyl (C=S) groups is 1. The van der Waals surface area contributed by atoms with Gasteiger partial charge in [-0.25, -0.2) is 0 Å². The Morgan fingerprint density at radius 3 is 2.27 bits per heavy atom. The lowest BCUT2D eigenvalue weighted by Crippen LogP contribution is -2.54. The van der Waals surface area contributed by atoms with Gasteiger partial charge in [-0.2, -0.15) is 0 Å². The molecule has 132 valence electrons. The van der Waals surface area contributed by atoms with Gasteiger partial charge in [-0.05, 0) is 60.3 Å². The Balaban J connectivity index is 2.04. The highest BCUT2D eigenvalue weighted by Gasteiger charge is 2.34. The number of rotatable bonds is 2. The van der Waals surface area contributed by atoms with Crippen molar-refractivity contribution in [1.82, 2.24) is 5.32 Å². The van der Waals surface area contributed by atoms with Gasteiger partial charge in [0.05, 0.1) is 15.7 Å². The first-order valence-corrected chi connectivity index (χ1v) is 9.08. The van der Waals surface area contributed by atoms with Gasteiger partial charge in [0.1, 0.15) is 5.57 Å². The molecular weight excluding hydrogens is 463 g/mol. The second-order valence-electron chi connectivity index (χ2n) is 5.27. The number of halogens is 3. The lowest BCUT2D eigenvalue weighted by Gasteiger charge is -2.29. The molecule has 1 heterocycles. The molecule has 0 atom stereocenters. The largest absolute Gasteiger partial charge is 0.505 e. The van der Waals surface area contributed by atoms with Crippen molar-refractivity contribution in [2.24, 2.45) is 0 Å². The van der Waals surface area contributed by atoms with E-state index in [9.17, 15) is 14.7 Å². The first kappa shape index (κ1) is 18.8. The quantitative estimate of drug-likeness (QED) is 0.389. The van der Waals surface area contributed by atoms with Crippen LogP contribution >= 0.6 is 51.3 Å². The van der Waals surface area contributed by atoms with E-state index in [-0.39, 0.29) is 26.5 Å². The predicted molar refractivity (Wildman–Crippen MR) is 108 cm³/mol. The zero-order valence-corrected chi connectivity index (χ0v) is 16.7. The molecule has 0 saturated carbocycles. The zero-order valence-electron chi connectivity index (χ0n) is 12.8. The number of nitrogens with one attached hydrogen (secondary N) is 1. The summed E-state index contributed by atoms with van der Waals surface area (Å²) in [5.41, 5.74) is 0.759. The number of phenols is 1. The molecule has 2 aromatic rings.